The summed E-state index contributed by atoms with van der Waals surface area (Å²) in [6, 6.07) is 14.5. The van der Waals surface area contributed by atoms with E-state index in [4.69, 9.17) is 11.5 Å². The van der Waals surface area contributed by atoms with Crippen molar-refractivity contribution in [3.8, 4) is 0 Å². The molecule has 1 aliphatic rings. The molecule has 0 aliphatic carbocycles. The zero-order valence-electron chi connectivity index (χ0n) is 13.4. The molecule has 0 bridgehead atoms. The summed E-state index contributed by atoms with van der Waals surface area (Å²) in [5.74, 6) is 0.549. The van der Waals surface area contributed by atoms with E-state index in [0.717, 1.165) is 9.79 Å². The van der Waals surface area contributed by atoms with Crippen molar-refractivity contribution in [3.05, 3.63) is 48.5 Å². The number of hydrogen-bond donors (Lipinski definition) is 2. The molecule has 0 atom stereocenters. The van der Waals surface area contributed by atoms with Crippen molar-refractivity contribution in [1.29, 1.82) is 0 Å². The van der Waals surface area contributed by atoms with Gasteiger partial charge in [-0.05, 0) is 48.5 Å². The molecule has 130 valence electrons. The van der Waals surface area contributed by atoms with Crippen LogP contribution in [0, 0.1) is 0 Å². The van der Waals surface area contributed by atoms with Gasteiger partial charge in [0.15, 0.2) is 0 Å². The summed E-state index contributed by atoms with van der Waals surface area (Å²) >= 11 is 2.93. The number of rotatable bonds is 6. The first-order valence-corrected chi connectivity index (χ1v) is 9.56. The third-order valence-electron chi connectivity index (χ3n) is 3.64. The fraction of sp³-hybridized carbons (Fsp3) is 0.176. The van der Waals surface area contributed by atoms with E-state index in [2.05, 4.69) is 0 Å². The fourth-order valence-corrected chi connectivity index (χ4v) is 3.94. The molecule has 8 heteroatoms. The number of carbonyl (C=O) groups excluding carboxylic acids is 2. The van der Waals surface area contributed by atoms with Crippen molar-refractivity contribution >= 4 is 46.8 Å². The number of anilines is 2. The van der Waals surface area contributed by atoms with Crippen LogP contribution in [0.1, 0.15) is 0 Å². The van der Waals surface area contributed by atoms with Crippen molar-refractivity contribution < 1.29 is 9.59 Å². The topological polar surface area (TPSA) is 92.7 Å². The Morgan fingerprint density at radius 1 is 0.800 bits per heavy atom. The van der Waals surface area contributed by atoms with E-state index in [1.54, 1.807) is 17.0 Å². The number of urea groups is 1. The van der Waals surface area contributed by atoms with Crippen molar-refractivity contribution in [2.24, 2.45) is 0 Å². The number of nitrogens with two attached hydrogens (primary N) is 2. The van der Waals surface area contributed by atoms with Gasteiger partial charge in [-0.1, -0.05) is 0 Å². The van der Waals surface area contributed by atoms with E-state index >= 15 is 0 Å². The monoisotopic (exact) mass is 374 g/mol. The average molecular weight is 374 g/mol. The minimum absolute atomic E-state index is 0.114. The molecule has 6 nitrogen and oxygen atoms in total. The van der Waals surface area contributed by atoms with Gasteiger partial charge in [-0.25, -0.2) is 4.79 Å². The molecule has 3 rings (SSSR count). The Morgan fingerprint density at radius 3 is 1.80 bits per heavy atom. The molecule has 0 saturated carbocycles. The van der Waals surface area contributed by atoms with Gasteiger partial charge >= 0.3 is 6.03 Å². The maximum atomic E-state index is 12.4. The zero-order valence-corrected chi connectivity index (χ0v) is 15.1. The second-order valence-corrected chi connectivity index (χ2v) is 7.52. The van der Waals surface area contributed by atoms with Gasteiger partial charge in [-0.15, -0.1) is 23.5 Å². The predicted octanol–water partition coefficient (Wildman–Crippen LogP) is 2.91. The molecule has 0 aromatic heterocycles. The van der Waals surface area contributed by atoms with E-state index in [9.17, 15) is 9.59 Å². The maximum absolute atomic E-state index is 12.4. The molecule has 1 heterocycles. The van der Waals surface area contributed by atoms with Gasteiger partial charge in [-0.2, -0.15) is 0 Å². The summed E-state index contributed by atoms with van der Waals surface area (Å²) in [6.07, 6.45) is 0. The Morgan fingerprint density at radius 2 is 1.28 bits per heavy atom. The summed E-state index contributed by atoms with van der Waals surface area (Å²) in [4.78, 5) is 29.4. The third-order valence-corrected chi connectivity index (χ3v) is 5.68. The van der Waals surface area contributed by atoms with Crippen LogP contribution >= 0.6 is 23.5 Å². The SMILES string of the molecule is Nc1ccc(SCN2CC(=O)N(CSc3ccc(N)cc3)C2=O)cc1. The zero-order chi connectivity index (χ0) is 17.8. The molecule has 0 unspecified atom stereocenters. The van der Waals surface area contributed by atoms with Gasteiger partial charge in [0.05, 0.1) is 11.8 Å². The molecule has 1 fully saturated rings. The summed E-state index contributed by atoms with van der Waals surface area (Å²) in [5, 5.41) is 0. The predicted molar refractivity (Wildman–Crippen MR) is 102 cm³/mol. The Labute approximate surface area is 154 Å². The van der Waals surface area contributed by atoms with E-state index in [-0.39, 0.29) is 18.5 Å². The van der Waals surface area contributed by atoms with E-state index in [0.29, 0.717) is 23.1 Å². The first-order valence-electron chi connectivity index (χ1n) is 7.59. The van der Waals surface area contributed by atoms with Gasteiger partial charge in [0.25, 0.3) is 5.91 Å². The van der Waals surface area contributed by atoms with Crippen LogP contribution < -0.4 is 11.5 Å². The summed E-state index contributed by atoms with van der Waals surface area (Å²) in [5.41, 5.74) is 12.7. The molecule has 25 heavy (non-hydrogen) atoms. The van der Waals surface area contributed by atoms with Crippen LogP contribution in [0.4, 0.5) is 16.2 Å². The highest BCUT2D eigenvalue weighted by atomic mass is 32.2. The number of hydrogen-bond acceptors (Lipinski definition) is 6. The van der Waals surface area contributed by atoms with E-state index in [1.165, 1.54) is 28.4 Å². The molecular formula is C17H18N4O2S2. The van der Waals surface area contributed by atoms with Crippen LogP contribution in [0.15, 0.2) is 58.3 Å². The van der Waals surface area contributed by atoms with Crippen LogP contribution in [0.25, 0.3) is 0 Å². The number of nitrogens with zero attached hydrogens (tertiary/aromatic N) is 2. The van der Waals surface area contributed by atoms with Crippen LogP contribution in [-0.4, -0.2) is 40.0 Å². The first kappa shape index (κ1) is 17.5. The second-order valence-electron chi connectivity index (χ2n) is 5.49. The third kappa shape index (κ3) is 4.40. The second kappa shape index (κ2) is 7.71. The van der Waals surface area contributed by atoms with Crippen LogP contribution in [0.2, 0.25) is 0 Å². The lowest BCUT2D eigenvalue weighted by molar-refractivity contribution is -0.124. The minimum atomic E-state index is -0.254. The molecule has 4 N–H and O–H groups in total. The molecule has 0 spiro atoms. The molecule has 0 radical (unpaired) electrons. The largest absolute Gasteiger partial charge is 0.399 e. The van der Waals surface area contributed by atoms with E-state index in [1.807, 2.05) is 36.4 Å². The average Bonchev–Trinajstić information content (AvgIpc) is 2.88. The Balaban J connectivity index is 1.54. The standard InChI is InChI=1S/C17H18N4O2S2/c18-12-1-5-14(6-2-12)24-10-20-9-16(22)21(17(20)23)11-25-15-7-3-13(19)4-8-15/h1-8H,9-11,18-19H2. The summed E-state index contributed by atoms with van der Waals surface area (Å²) in [6.45, 7) is 0.114. The van der Waals surface area contributed by atoms with Gasteiger partial charge in [0.2, 0.25) is 0 Å². The van der Waals surface area contributed by atoms with E-state index < -0.39 is 0 Å². The highest BCUT2D eigenvalue weighted by Crippen LogP contribution is 2.25. The lowest BCUT2D eigenvalue weighted by Crippen LogP contribution is -2.32. The smallest absolute Gasteiger partial charge is 0.328 e. The van der Waals surface area contributed by atoms with Crippen molar-refractivity contribution in [2.45, 2.75) is 9.79 Å². The molecule has 2 aromatic rings. The van der Waals surface area contributed by atoms with Gasteiger partial charge in [-0.3, -0.25) is 9.69 Å². The molecule has 1 aliphatic heterocycles. The highest BCUT2D eigenvalue weighted by molar-refractivity contribution is 7.99. The molecule has 2 aromatic carbocycles. The summed E-state index contributed by atoms with van der Waals surface area (Å²) < 4.78 is 0. The first-order chi connectivity index (χ1) is 12.0. The quantitative estimate of drug-likeness (QED) is 0.459. The number of nitrogen functional groups attached to an aromatic ring is 2. The van der Waals surface area contributed by atoms with Crippen LogP contribution in [-0.2, 0) is 4.79 Å². The highest BCUT2D eigenvalue weighted by Gasteiger charge is 2.35. The van der Waals surface area contributed by atoms with Crippen molar-refractivity contribution in [3.63, 3.8) is 0 Å². The lowest BCUT2D eigenvalue weighted by Gasteiger charge is -2.16. The van der Waals surface area contributed by atoms with Gasteiger partial charge < -0.3 is 16.4 Å². The maximum Gasteiger partial charge on any atom is 0.328 e. The Hall–Kier alpha value is -2.32. The van der Waals surface area contributed by atoms with Crippen molar-refractivity contribution in [1.82, 2.24) is 9.80 Å². The number of imide groups is 1. The summed E-state index contributed by atoms with van der Waals surface area (Å²) in [7, 11) is 0. The fourth-order valence-electron chi connectivity index (χ4n) is 2.24. The lowest BCUT2D eigenvalue weighted by atomic mass is 10.3. The van der Waals surface area contributed by atoms with Crippen molar-refractivity contribution in [2.75, 3.05) is 29.8 Å². The normalized spacial score (nSPS) is 14.4. The Kier molecular flexibility index (Phi) is 5.40. The molecule has 3 amide bonds. The molecule has 1 saturated heterocycles. The van der Waals surface area contributed by atoms with Gasteiger partial charge in [0.1, 0.15) is 6.54 Å². The number of amides is 3. The number of carbonyl (C=O) groups is 2. The van der Waals surface area contributed by atoms with Crippen LogP contribution in [0.3, 0.4) is 0 Å². The van der Waals surface area contributed by atoms with Crippen LogP contribution in [0.5, 0.6) is 0 Å². The van der Waals surface area contributed by atoms with Gasteiger partial charge in [0, 0.05) is 21.2 Å². The molecular weight excluding hydrogens is 356 g/mol. The number of benzene rings is 2. The number of thioether (sulfide) groups is 2. The Bertz CT molecular complexity index is 765. The minimum Gasteiger partial charge on any atom is -0.399 e.